The summed E-state index contributed by atoms with van der Waals surface area (Å²) in [6.45, 7) is 3.59. The van der Waals surface area contributed by atoms with Gasteiger partial charge < -0.3 is 10.1 Å². The average Bonchev–Trinajstić information content (AvgIpc) is 3.19. The van der Waals surface area contributed by atoms with Crippen molar-refractivity contribution in [1.29, 1.82) is 0 Å². The third-order valence-electron chi connectivity index (χ3n) is 4.44. The minimum atomic E-state index is -4.01. The average molecular weight is 467 g/mol. The molecular formula is C20H22N2O5S3. The number of hydrogen-bond donors (Lipinski definition) is 1. The molecule has 0 bridgehead atoms. The lowest BCUT2D eigenvalue weighted by Gasteiger charge is -2.10. The van der Waals surface area contributed by atoms with E-state index < -0.39 is 19.7 Å². The fraction of sp³-hybridized carbons (Fsp3) is 0.250. The second-order valence-corrected chi connectivity index (χ2v) is 11.8. The molecule has 0 saturated carbocycles. The topological polar surface area (TPSA) is 102 Å². The number of anilines is 1. The standard InChI is InChI=1S/C20H22N2O5S3/c1-4-29(23,24)20-22-19(30(25,26)16-11-9-14(2)10-12-16)18(28-20)21-13-15-7-5-6-8-17(15)27-3/h5-12,21H,4,13H2,1-3H3. The van der Waals surface area contributed by atoms with Crippen molar-refractivity contribution < 1.29 is 21.6 Å². The molecule has 0 fully saturated rings. The van der Waals surface area contributed by atoms with Gasteiger partial charge in [-0.15, -0.1) is 0 Å². The van der Waals surface area contributed by atoms with Crippen LogP contribution in [-0.4, -0.2) is 34.7 Å². The van der Waals surface area contributed by atoms with Gasteiger partial charge in [0.25, 0.3) is 0 Å². The van der Waals surface area contributed by atoms with Crippen LogP contribution in [0.15, 0.2) is 62.8 Å². The van der Waals surface area contributed by atoms with Gasteiger partial charge in [0, 0.05) is 12.1 Å². The number of nitrogens with zero attached hydrogens (tertiary/aromatic N) is 1. The lowest BCUT2D eigenvalue weighted by Crippen LogP contribution is -2.08. The first-order valence-corrected chi connectivity index (χ1v) is 13.1. The van der Waals surface area contributed by atoms with Gasteiger partial charge in [-0.3, -0.25) is 0 Å². The Bertz CT molecular complexity index is 1250. The van der Waals surface area contributed by atoms with Crippen molar-refractivity contribution >= 4 is 36.0 Å². The van der Waals surface area contributed by atoms with E-state index in [1.807, 2.05) is 25.1 Å². The first-order chi connectivity index (χ1) is 14.2. The summed E-state index contributed by atoms with van der Waals surface area (Å²) >= 11 is 0.818. The molecule has 30 heavy (non-hydrogen) atoms. The summed E-state index contributed by atoms with van der Waals surface area (Å²) in [5.41, 5.74) is 1.71. The molecule has 0 aliphatic rings. The van der Waals surface area contributed by atoms with Gasteiger partial charge in [0.15, 0.2) is 5.03 Å². The van der Waals surface area contributed by atoms with Gasteiger partial charge in [-0.05, 0) is 25.1 Å². The van der Waals surface area contributed by atoms with Gasteiger partial charge in [-0.25, -0.2) is 21.8 Å². The summed E-state index contributed by atoms with van der Waals surface area (Å²) in [5, 5.41) is 2.92. The highest BCUT2D eigenvalue weighted by molar-refractivity contribution is 7.94. The SMILES string of the molecule is CCS(=O)(=O)c1nc(S(=O)(=O)c2ccc(C)cc2)c(NCc2ccccc2OC)s1. The lowest BCUT2D eigenvalue weighted by atomic mass is 10.2. The second-order valence-electron chi connectivity index (χ2n) is 6.50. The molecule has 0 aliphatic heterocycles. The maximum atomic E-state index is 13.2. The van der Waals surface area contributed by atoms with E-state index in [0.717, 1.165) is 22.5 Å². The molecule has 1 N–H and O–H groups in total. The summed E-state index contributed by atoms with van der Waals surface area (Å²) in [6, 6.07) is 13.6. The van der Waals surface area contributed by atoms with Crippen LogP contribution in [0.4, 0.5) is 5.00 Å². The fourth-order valence-electron chi connectivity index (χ4n) is 2.69. The van der Waals surface area contributed by atoms with Crippen LogP contribution in [-0.2, 0) is 26.2 Å². The Labute approximate surface area is 180 Å². The molecule has 0 spiro atoms. The second kappa shape index (κ2) is 8.75. The Morgan fingerprint density at radius 3 is 2.33 bits per heavy atom. The highest BCUT2D eigenvalue weighted by Crippen LogP contribution is 2.35. The van der Waals surface area contributed by atoms with Crippen LogP contribution in [0.3, 0.4) is 0 Å². The smallest absolute Gasteiger partial charge is 0.226 e. The number of aromatic nitrogens is 1. The van der Waals surface area contributed by atoms with Gasteiger partial charge >= 0.3 is 0 Å². The lowest BCUT2D eigenvalue weighted by molar-refractivity contribution is 0.410. The summed E-state index contributed by atoms with van der Waals surface area (Å²) < 4.78 is 56.2. The van der Waals surface area contributed by atoms with Crippen molar-refractivity contribution in [3.63, 3.8) is 0 Å². The van der Waals surface area contributed by atoms with Gasteiger partial charge in [-0.2, -0.15) is 0 Å². The number of aryl methyl sites for hydroxylation is 1. The quantitative estimate of drug-likeness (QED) is 0.540. The number of thiazole rings is 1. The third kappa shape index (κ3) is 4.50. The Kier molecular flexibility index (Phi) is 6.49. The molecular weight excluding hydrogens is 444 g/mol. The predicted molar refractivity (Wildman–Crippen MR) is 117 cm³/mol. The van der Waals surface area contributed by atoms with Gasteiger partial charge in [0.2, 0.25) is 24.0 Å². The number of para-hydroxylation sites is 1. The van der Waals surface area contributed by atoms with Gasteiger partial charge in [0.05, 0.1) is 17.8 Å². The summed E-state index contributed by atoms with van der Waals surface area (Å²) in [7, 11) is -6.13. The van der Waals surface area contributed by atoms with Crippen LogP contribution >= 0.6 is 11.3 Å². The zero-order valence-electron chi connectivity index (χ0n) is 16.7. The minimum Gasteiger partial charge on any atom is -0.496 e. The molecule has 10 heteroatoms. The maximum Gasteiger partial charge on any atom is 0.226 e. The predicted octanol–water partition coefficient (Wildman–Crippen LogP) is 3.70. The first-order valence-electron chi connectivity index (χ1n) is 9.10. The van der Waals surface area contributed by atoms with E-state index in [9.17, 15) is 16.8 Å². The van der Waals surface area contributed by atoms with Crippen molar-refractivity contribution in [3.05, 3.63) is 59.7 Å². The third-order valence-corrected chi connectivity index (χ3v) is 9.47. The Balaban J connectivity index is 2.06. The molecule has 3 aromatic rings. The number of nitrogens with one attached hydrogen (secondary N) is 1. The monoisotopic (exact) mass is 466 g/mol. The molecule has 0 saturated heterocycles. The van der Waals surface area contributed by atoms with Crippen LogP contribution in [0, 0.1) is 6.92 Å². The van der Waals surface area contributed by atoms with Gasteiger partial charge in [-0.1, -0.05) is 54.2 Å². The first kappa shape index (κ1) is 22.3. The van der Waals surface area contributed by atoms with Gasteiger partial charge in [0.1, 0.15) is 10.8 Å². The zero-order chi connectivity index (χ0) is 21.9. The Hall–Kier alpha value is -2.43. The van der Waals surface area contributed by atoms with Crippen LogP contribution in [0.1, 0.15) is 18.1 Å². The number of benzene rings is 2. The molecule has 0 atom stereocenters. The van der Waals surface area contributed by atoms with E-state index in [0.29, 0.717) is 5.75 Å². The molecule has 1 aromatic heterocycles. The van der Waals surface area contributed by atoms with E-state index in [1.165, 1.54) is 19.1 Å². The molecule has 0 amide bonds. The van der Waals surface area contributed by atoms with Crippen molar-refractivity contribution in [2.75, 3.05) is 18.2 Å². The summed E-state index contributed by atoms with van der Waals surface area (Å²) in [5.74, 6) is 0.468. The van der Waals surface area contributed by atoms with Crippen LogP contribution in [0.5, 0.6) is 5.75 Å². The number of rotatable bonds is 8. The van der Waals surface area contributed by atoms with Crippen LogP contribution < -0.4 is 10.1 Å². The summed E-state index contributed by atoms with van der Waals surface area (Å²) in [4.78, 5) is 4.08. The normalized spacial score (nSPS) is 12.0. The van der Waals surface area contributed by atoms with Crippen molar-refractivity contribution in [1.82, 2.24) is 4.98 Å². The molecule has 0 radical (unpaired) electrons. The molecule has 1 heterocycles. The number of hydrogen-bond acceptors (Lipinski definition) is 8. The number of ether oxygens (including phenoxy) is 1. The highest BCUT2D eigenvalue weighted by atomic mass is 32.2. The summed E-state index contributed by atoms with van der Waals surface area (Å²) in [6.07, 6.45) is 0. The molecule has 3 rings (SSSR count). The zero-order valence-corrected chi connectivity index (χ0v) is 19.2. The van der Waals surface area contributed by atoms with Crippen molar-refractivity contribution in [2.24, 2.45) is 0 Å². The van der Waals surface area contributed by atoms with E-state index in [2.05, 4.69) is 10.3 Å². The number of sulfone groups is 2. The Morgan fingerprint density at radius 1 is 1.03 bits per heavy atom. The Morgan fingerprint density at radius 2 is 1.70 bits per heavy atom. The van der Waals surface area contributed by atoms with E-state index in [4.69, 9.17) is 4.74 Å². The molecule has 7 nitrogen and oxygen atoms in total. The largest absolute Gasteiger partial charge is 0.496 e. The van der Waals surface area contributed by atoms with Crippen molar-refractivity contribution in [3.8, 4) is 5.75 Å². The molecule has 160 valence electrons. The molecule has 2 aromatic carbocycles. The van der Waals surface area contributed by atoms with Crippen LogP contribution in [0.2, 0.25) is 0 Å². The number of methoxy groups -OCH3 is 1. The molecule has 0 aliphatic carbocycles. The fourth-order valence-corrected chi connectivity index (χ4v) is 6.68. The van der Waals surface area contributed by atoms with Crippen molar-refractivity contribution in [2.45, 2.75) is 34.7 Å². The minimum absolute atomic E-state index is 0.0548. The highest BCUT2D eigenvalue weighted by Gasteiger charge is 2.30. The van der Waals surface area contributed by atoms with E-state index >= 15 is 0 Å². The van der Waals surface area contributed by atoms with E-state index in [-0.39, 0.29) is 31.6 Å². The molecule has 0 unspecified atom stereocenters. The van der Waals surface area contributed by atoms with E-state index in [1.54, 1.807) is 25.3 Å². The maximum absolute atomic E-state index is 13.2. The van der Waals surface area contributed by atoms with Crippen LogP contribution in [0.25, 0.3) is 0 Å².